The van der Waals surface area contributed by atoms with Gasteiger partial charge >= 0.3 is 6.03 Å². The normalized spacial score (nSPS) is 14.1. The molecule has 2 heterocycles. The Morgan fingerprint density at radius 1 is 0.971 bits per heavy atom. The summed E-state index contributed by atoms with van der Waals surface area (Å²) in [7, 11) is 0. The topological polar surface area (TPSA) is 61.4 Å². The molecule has 0 saturated carbocycles. The second kappa shape index (κ2) is 11.6. The van der Waals surface area contributed by atoms with Gasteiger partial charge in [0.25, 0.3) is 0 Å². The lowest BCUT2D eigenvalue weighted by atomic mass is 10.0. The maximum Gasteiger partial charge on any atom is 0.321 e. The lowest BCUT2D eigenvalue weighted by molar-refractivity contribution is 0.215. The number of rotatable bonds is 6. The molecule has 0 aliphatic carbocycles. The van der Waals surface area contributed by atoms with Crippen LogP contribution >= 0.6 is 11.8 Å². The fourth-order valence-electron chi connectivity index (χ4n) is 4.49. The molecule has 6 nitrogen and oxygen atoms in total. The summed E-state index contributed by atoms with van der Waals surface area (Å²) >= 11 is 1.69. The van der Waals surface area contributed by atoms with Crippen molar-refractivity contribution in [3.05, 3.63) is 76.7 Å². The van der Waals surface area contributed by atoms with Crippen LogP contribution in [-0.2, 0) is 12.8 Å². The summed E-state index contributed by atoms with van der Waals surface area (Å²) in [6.07, 6.45) is 4.62. The van der Waals surface area contributed by atoms with Crippen molar-refractivity contribution in [3.63, 3.8) is 0 Å². The van der Waals surface area contributed by atoms with Crippen LogP contribution in [-0.4, -0.2) is 53.3 Å². The number of thioether (sulfide) groups is 1. The third-order valence-electron chi connectivity index (χ3n) is 6.44. The molecule has 3 aromatic rings. The van der Waals surface area contributed by atoms with Crippen LogP contribution in [0.25, 0.3) is 0 Å². The average molecular weight is 490 g/mol. The Morgan fingerprint density at radius 3 is 2.40 bits per heavy atom. The number of nitrogens with one attached hydrogen (secondary N) is 1. The van der Waals surface area contributed by atoms with Crippen LogP contribution in [0.5, 0.6) is 0 Å². The largest absolute Gasteiger partial charge is 0.354 e. The standard InChI is InChI=1S/C28H35N5OS/c1-5-26-25(19-22-9-7-20(2)8-10-22)27(30-21(3)29-26)32-15-6-16-33(18-17-32)28(34)31-23-11-13-24(35-4)14-12-23/h7-14H,5-6,15-19H2,1-4H3,(H,31,34). The maximum absolute atomic E-state index is 13.0. The van der Waals surface area contributed by atoms with E-state index in [0.717, 1.165) is 61.9 Å². The van der Waals surface area contributed by atoms with E-state index in [1.54, 1.807) is 11.8 Å². The molecule has 1 saturated heterocycles. The summed E-state index contributed by atoms with van der Waals surface area (Å²) < 4.78 is 0. The fraction of sp³-hybridized carbons (Fsp3) is 0.393. The van der Waals surface area contributed by atoms with Crippen molar-refractivity contribution in [2.24, 2.45) is 0 Å². The number of benzene rings is 2. The highest BCUT2D eigenvalue weighted by molar-refractivity contribution is 7.98. The number of hydrogen-bond acceptors (Lipinski definition) is 5. The number of carbonyl (C=O) groups is 1. The summed E-state index contributed by atoms with van der Waals surface area (Å²) in [6, 6.07) is 16.6. The van der Waals surface area contributed by atoms with E-state index in [1.807, 2.05) is 42.3 Å². The second-order valence-corrected chi connectivity index (χ2v) is 9.90. The predicted molar refractivity (Wildman–Crippen MR) is 146 cm³/mol. The maximum atomic E-state index is 13.0. The van der Waals surface area contributed by atoms with Gasteiger partial charge in [0, 0.05) is 54.4 Å². The van der Waals surface area contributed by atoms with Crippen LogP contribution in [0.2, 0.25) is 0 Å². The van der Waals surface area contributed by atoms with Crippen LogP contribution in [0.1, 0.15) is 41.6 Å². The molecule has 1 aliphatic rings. The van der Waals surface area contributed by atoms with E-state index in [-0.39, 0.29) is 6.03 Å². The first-order valence-corrected chi connectivity index (χ1v) is 13.6. The van der Waals surface area contributed by atoms with Crippen molar-refractivity contribution >= 4 is 29.3 Å². The number of hydrogen-bond donors (Lipinski definition) is 1. The van der Waals surface area contributed by atoms with E-state index < -0.39 is 0 Å². The molecule has 0 spiro atoms. The van der Waals surface area contributed by atoms with Crippen molar-refractivity contribution in [1.82, 2.24) is 14.9 Å². The van der Waals surface area contributed by atoms with E-state index in [0.29, 0.717) is 6.54 Å². The Morgan fingerprint density at radius 2 is 1.71 bits per heavy atom. The van der Waals surface area contributed by atoms with Gasteiger partial charge in [-0.15, -0.1) is 11.8 Å². The lowest BCUT2D eigenvalue weighted by Gasteiger charge is -2.26. The third kappa shape index (κ3) is 6.34. The Hall–Kier alpha value is -3.06. The van der Waals surface area contributed by atoms with E-state index in [2.05, 4.69) is 48.3 Å². The summed E-state index contributed by atoms with van der Waals surface area (Å²) in [5.41, 5.74) is 5.67. The Labute approximate surface area is 213 Å². The van der Waals surface area contributed by atoms with Gasteiger partial charge in [-0.25, -0.2) is 14.8 Å². The minimum absolute atomic E-state index is 0.0447. The molecular weight excluding hydrogens is 454 g/mol. The van der Waals surface area contributed by atoms with Gasteiger partial charge in [0.15, 0.2) is 0 Å². The van der Waals surface area contributed by atoms with E-state index >= 15 is 0 Å². The van der Waals surface area contributed by atoms with Crippen molar-refractivity contribution in [2.75, 3.05) is 42.7 Å². The van der Waals surface area contributed by atoms with Gasteiger partial charge in [0.1, 0.15) is 11.6 Å². The molecule has 1 aromatic heterocycles. The molecule has 0 atom stereocenters. The first-order chi connectivity index (χ1) is 17.0. The van der Waals surface area contributed by atoms with Gasteiger partial charge in [-0.1, -0.05) is 36.8 Å². The number of anilines is 2. The van der Waals surface area contributed by atoms with Gasteiger partial charge in [-0.3, -0.25) is 0 Å². The SMILES string of the molecule is CCc1nc(C)nc(N2CCCN(C(=O)Nc3ccc(SC)cc3)CC2)c1Cc1ccc(C)cc1. The zero-order chi connectivity index (χ0) is 24.8. The van der Waals surface area contributed by atoms with Crippen LogP contribution in [0, 0.1) is 13.8 Å². The summed E-state index contributed by atoms with van der Waals surface area (Å²) in [5, 5.41) is 3.05. The van der Waals surface area contributed by atoms with Crippen molar-refractivity contribution < 1.29 is 4.79 Å². The fourth-order valence-corrected chi connectivity index (χ4v) is 4.90. The summed E-state index contributed by atoms with van der Waals surface area (Å²) in [6.45, 7) is 9.24. The highest BCUT2D eigenvalue weighted by Crippen LogP contribution is 2.26. The molecule has 2 amide bonds. The average Bonchev–Trinajstić information content (AvgIpc) is 3.13. The molecule has 35 heavy (non-hydrogen) atoms. The van der Waals surface area contributed by atoms with E-state index in [4.69, 9.17) is 9.97 Å². The van der Waals surface area contributed by atoms with Crippen LogP contribution < -0.4 is 10.2 Å². The summed E-state index contributed by atoms with van der Waals surface area (Å²) in [4.78, 5) is 28.1. The number of amides is 2. The van der Waals surface area contributed by atoms with Gasteiger partial charge in [-0.05, 0) is 62.8 Å². The molecule has 4 rings (SSSR count). The molecule has 1 aliphatic heterocycles. The predicted octanol–water partition coefficient (Wildman–Crippen LogP) is 5.71. The number of urea groups is 1. The van der Waals surface area contributed by atoms with Crippen LogP contribution in [0.4, 0.5) is 16.3 Å². The molecule has 184 valence electrons. The van der Waals surface area contributed by atoms with Crippen LogP contribution in [0.3, 0.4) is 0 Å². The van der Waals surface area contributed by atoms with Gasteiger partial charge in [-0.2, -0.15) is 0 Å². The van der Waals surface area contributed by atoms with Gasteiger partial charge in [0.2, 0.25) is 0 Å². The Balaban J connectivity index is 1.50. The first-order valence-electron chi connectivity index (χ1n) is 12.3. The van der Waals surface area contributed by atoms with Crippen molar-refractivity contribution in [2.45, 2.75) is 44.9 Å². The molecule has 7 heteroatoms. The molecule has 1 fully saturated rings. The zero-order valence-corrected chi connectivity index (χ0v) is 22.0. The highest BCUT2D eigenvalue weighted by atomic mass is 32.2. The number of nitrogens with zero attached hydrogens (tertiary/aromatic N) is 4. The third-order valence-corrected chi connectivity index (χ3v) is 7.19. The number of carbonyl (C=O) groups excluding carboxylic acids is 1. The highest BCUT2D eigenvalue weighted by Gasteiger charge is 2.23. The minimum Gasteiger partial charge on any atom is -0.354 e. The van der Waals surface area contributed by atoms with E-state index in [1.165, 1.54) is 21.6 Å². The smallest absolute Gasteiger partial charge is 0.321 e. The van der Waals surface area contributed by atoms with Gasteiger partial charge in [0.05, 0.1) is 0 Å². The molecule has 2 aromatic carbocycles. The monoisotopic (exact) mass is 489 g/mol. The van der Waals surface area contributed by atoms with Crippen molar-refractivity contribution in [1.29, 1.82) is 0 Å². The molecule has 0 radical (unpaired) electrons. The minimum atomic E-state index is -0.0447. The van der Waals surface area contributed by atoms with Crippen molar-refractivity contribution in [3.8, 4) is 0 Å². The number of aryl methyl sites for hydroxylation is 3. The Kier molecular flexibility index (Phi) is 8.29. The molecule has 1 N–H and O–H groups in total. The lowest BCUT2D eigenvalue weighted by Crippen LogP contribution is -2.38. The quantitative estimate of drug-likeness (QED) is 0.449. The molecular formula is C28H35N5OS. The number of aromatic nitrogens is 2. The second-order valence-electron chi connectivity index (χ2n) is 9.02. The van der Waals surface area contributed by atoms with E-state index in [9.17, 15) is 4.79 Å². The van der Waals surface area contributed by atoms with Crippen LogP contribution in [0.15, 0.2) is 53.4 Å². The molecule has 0 bridgehead atoms. The first kappa shape index (κ1) is 25.0. The van der Waals surface area contributed by atoms with Gasteiger partial charge < -0.3 is 15.1 Å². The summed E-state index contributed by atoms with van der Waals surface area (Å²) in [5.74, 6) is 1.82. The zero-order valence-electron chi connectivity index (χ0n) is 21.2. The Bertz CT molecular complexity index is 1150. The molecule has 0 unspecified atom stereocenters.